The second-order valence-corrected chi connectivity index (χ2v) is 5.62. The van der Waals surface area contributed by atoms with Gasteiger partial charge in [0.15, 0.2) is 12.0 Å². The summed E-state index contributed by atoms with van der Waals surface area (Å²) in [5.41, 5.74) is -2.05. The maximum absolute atomic E-state index is 13.9. The van der Waals surface area contributed by atoms with Gasteiger partial charge >= 0.3 is 12.1 Å². The number of nitrogens with zero attached hydrogens (tertiary/aromatic N) is 3. The van der Waals surface area contributed by atoms with E-state index in [1.54, 1.807) is 0 Å². The Bertz CT molecular complexity index is 1060. The van der Waals surface area contributed by atoms with Gasteiger partial charge in [-0.3, -0.25) is 4.79 Å². The van der Waals surface area contributed by atoms with Crippen molar-refractivity contribution >= 4 is 10.9 Å². The van der Waals surface area contributed by atoms with E-state index in [1.165, 1.54) is 0 Å². The lowest BCUT2D eigenvalue weighted by molar-refractivity contribution is -0.595. The molecular formula is C16H9F6N3O2. The van der Waals surface area contributed by atoms with Gasteiger partial charge in [-0.15, -0.1) is 0 Å². The molecule has 142 valence electrons. The van der Waals surface area contributed by atoms with E-state index in [4.69, 9.17) is 0 Å². The molecule has 27 heavy (non-hydrogen) atoms. The van der Waals surface area contributed by atoms with Gasteiger partial charge in [0.1, 0.15) is 5.69 Å². The third kappa shape index (κ3) is 3.32. The summed E-state index contributed by atoms with van der Waals surface area (Å²) in [7, 11) is 0. The van der Waals surface area contributed by atoms with Gasteiger partial charge in [0.05, 0.1) is 18.3 Å². The topological polar surface area (TPSA) is 61.8 Å². The van der Waals surface area contributed by atoms with Crippen LogP contribution in [0.3, 0.4) is 0 Å². The molecule has 3 heterocycles. The highest BCUT2D eigenvalue weighted by Gasteiger charge is 2.57. The van der Waals surface area contributed by atoms with Crippen molar-refractivity contribution in [1.82, 2.24) is 9.55 Å². The van der Waals surface area contributed by atoms with Crippen molar-refractivity contribution in [2.75, 3.05) is 0 Å². The first-order valence-corrected chi connectivity index (χ1v) is 7.33. The monoisotopic (exact) mass is 389 g/mol. The van der Waals surface area contributed by atoms with Gasteiger partial charge in [-0.2, -0.15) is 31.1 Å². The Morgan fingerprint density at radius 3 is 2.48 bits per heavy atom. The smallest absolute Gasteiger partial charge is 0.455 e. The normalized spacial score (nSPS) is 12.5. The number of hydrogen-bond acceptors (Lipinski definition) is 3. The molecule has 0 amide bonds. The van der Waals surface area contributed by atoms with E-state index in [-0.39, 0.29) is 25.9 Å². The predicted octanol–water partition coefficient (Wildman–Crippen LogP) is 3.03. The fourth-order valence-corrected chi connectivity index (χ4v) is 2.47. The van der Waals surface area contributed by atoms with Crippen molar-refractivity contribution in [3.8, 4) is 11.4 Å². The molecular weight excluding hydrogens is 380 g/mol. The first-order valence-electron chi connectivity index (χ1n) is 7.33. The number of alkyl halides is 5. The van der Waals surface area contributed by atoms with Crippen molar-refractivity contribution in [1.29, 1.82) is 0 Å². The largest absolute Gasteiger partial charge is 0.618 e. The van der Waals surface area contributed by atoms with Gasteiger partial charge < -0.3 is 9.77 Å². The Kier molecular flexibility index (Phi) is 4.32. The first-order chi connectivity index (χ1) is 12.5. The van der Waals surface area contributed by atoms with Crippen LogP contribution in [0.1, 0.15) is 0 Å². The highest BCUT2D eigenvalue weighted by Crippen LogP contribution is 2.37. The minimum atomic E-state index is -5.84. The van der Waals surface area contributed by atoms with Gasteiger partial charge in [0.2, 0.25) is 0 Å². The molecule has 5 nitrogen and oxygen atoms in total. The third-order valence-electron chi connectivity index (χ3n) is 3.80. The fourth-order valence-electron chi connectivity index (χ4n) is 2.47. The molecule has 0 aliphatic heterocycles. The molecule has 0 fully saturated rings. The van der Waals surface area contributed by atoms with Crippen molar-refractivity contribution in [3.05, 3.63) is 64.1 Å². The first kappa shape index (κ1) is 18.7. The number of fused-ring (bicyclic) bond motifs is 1. The van der Waals surface area contributed by atoms with Crippen molar-refractivity contribution in [3.63, 3.8) is 0 Å². The Morgan fingerprint density at radius 1 is 1.15 bits per heavy atom. The molecule has 0 unspecified atom stereocenters. The number of aromatic nitrogens is 3. The lowest BCUT2D eigenvalue weighted by Gasteiger charge is -2.21. The number of hydrogen-bond donors (Lipinski definition) is 0. The van der Waals surface area contributed by atoms with E-state index in [9.17, 15) is 36.3 Å². The Balaban J connectivity index is 2.16. The average Bonchev–Trinajstić information content (AvgIpc) is 2.56. The van der Waals surface area contributed by atoms with Crippen LogP contribution >= 0.6 is 0 Å². The maximum Gasteiger partial charge on any atom is 0.455 e. The van der Waals surface area contributed by atoms with E-state index in [0.29, 0.717) is 0 Å². The van der Waals surface area contributed by atoms with Crippen LogP contribution in [-0.2, 0) is 6.54 Å². The van der Waals surface area contributed by atoms with Gasteiger partial charge in [0, 0.05) is 17.5 Å². The average molecular weight is 389 g/mol. The van der Waals surface area contributed by atoms with Gasteiger partial charge in [-0.25, -0.2) is 4.98 Å². The molecule has 0 radical (unpaired) electrons. The summed E-state index contributed by atoms with van der Waals surface area (Å²) in [5, 5.41) is 11.8. The molecule has 0 saturated heterocycles. The molecule has 0 spiro atoms. The second-order valence-electron chi connectivity index (χ2n) is 5.62. The molecule has 0 bridgehead atoms. The molecule has 0 aromatic carbocycles. The zero-order valence-corrected chi connectivity index (χ0v) is 13.2. The van der Waals surface area contributed by atoms with Gasteiger partial charge in [0.25, 0.3) is 11.3 Å². The van der Waals surface area contributed by atoms with Crippen LogP contribution in [0.2, 0.25) is 0 Å². The fraction of sp³-hybridized carbons (Fsp3) is 0.188. The lowest BCUT2D eigenvalue weighted by atomic mass is 10.1. The summed E-state index contributed by atoms with van der Waals surface area (Å²) in [5.74, 6) is -6.05. The number of rotatable bonds is 3. The van der Waals surface area contributed by atoms with E-state index in [2.05, 4.69) is 4.98 Å². The van der Waals surface area contributed by atoms with Crippen LogP contribution in [0.4, 0.5) is 26.3 Å². The van der Waals surface area contributed by atoms with Crippen molar-refractivity contribution < 1.29 is 31.1 Å². The summed E-state index contributed by atoms with van der Waals surface area (Å²) in [6.07, 6.45) is -4.00. The molecule has 0 N–H and O–H groups in total. The minimum absolute atomic E-state index is 0.0285. The highest BCUT2D eigenvalue weighted by molar-refractivity contribution is 5.81. The van der Waals surface area contributed by atoms with Crippen LogP contribution in [0.15, 0.2) is 47.5 Å². The van der Waals surface area contributed by atoms with E-state index >= 15 is 0 Å². The zero-order valence-electron chi connectivity index (χ0n) is 13.2. The van der Waals surface area contributed by atoms with Crippen molar-refractivity contribution in [2.24, 2.45) is 0 Å². The molecule has 0 atom stereocenters. The summed E-state index contributed by atoms with van der Waals surface area (Å²) < 4.78 is 78.5. The van der Waals surface area contributed by atoms with Crippen molar-refractivity contribution in [2.45, 2.75) is 18.6 Å². The molecule has 3 aromatic heterocycles. The molecule has 11 heteroatoms. The summed E-state index contributed by atoms with van der Waals surface area (Å²) in [6.45, 7) is -1.94. The molecule has 3 rings (SSSR count). The summed E-state index contributed by atoms with van der Waals surface area (Å²) in [4.78, 5) is 15.6. The van der Waals surface area contributed by atoms with E-state index < -0.39 is 35.7 Å². The third-order valence-corrected chi connectivity index (χ3v) is 3.80. The second kappa shape index (κ2) is 6.25. The standard InChI is InChI=1S/C16H9F6N3O2/c17-10-2-1-5-25(27)14(10)11-6-9-3-4-13(26)24(12(9)7-23-11)8-15(18,19)16(20,21)22/h1-7H,8H2. The molecule has 0 aliphatic carbocycles. The van der Waals surface area contributed by atoms with Crippen LogP contribution in [0.5, 0.6) is 0 Å². The molecule has 0 saturated carbocycles. The van der Waals surface area contributed by atoms with Gasteiger partial charge in [-0.1, -0.05) is 0 Å². The maximum atomic E-state index is 13.9. The zero-order chi connectivity index (χ0) is 20.0. The number of halogens is 6. The van der Waals surface area contributed by atoms with Crippen LogP contribution in [0, 0.1) is 11.0 Å². The quantitative estimate of drug-likeness (QED) is 0.393. The molecule has 0 aliphatic rings. The molecule has 3 aromatic rings. The lowest BCUT2D eigenvalue weighted by Crippen LogP contribution is -2.42. The van der Waals surface area contributed by atoms with Crippen LogP contribution in [0.25, 0.3) is 22.3 Å². The Morgan fingerprint density at radius 2 is 1.85 bits per heavy atom. The van der Waals surface area contributed by atoms with E-state index in [1.807, 2.05) is 0 Å². The van der Waals surface area contributed by atoms with E-state index in [0.717, 1.165) is 42.7 Å². The predicted molar refractivity (Wildman–Crippen MR) is 81.4 cm³/mol. The summed E-state index contributed by atoms with van der Waals surface area (Å²) >= 11 is 0. The van der Waals surface area contributed by atoms with Crippen LogP contribution < -0.4 is 10.3 Å². The van der Waals surface area contributed by atoms with Crippen LogP contribution in [-0.4, -0.2) is 21.6 Å². The highest BCUT2D eigenvalue weighted by atomic mass is 19.4. The Hall–Kier alpha value is -3.11. The number of pyridine rings is 3. The Labute approximate surface area is 146 Å². The summed E-state index contributed by atoms with van der Waals surface area (Å²) in [6, 6.07) is 5.22. The van der Waals surface area contributed by atoms with Gasteiger partial charge in [-0.05, 0) is 18.2 Å². The minimum Gasteiger partial charge on any atom is -0.618 e. The SMILES string of the molecule is O=c1ccc2cc(-c3c(F)ccc[n+]3[O-])ncc2n1CC(F)(F)C(F)(F)F.